The number of nitrogens with one attached hydrogen (secondary N) is 3. The fourth-order valence-corrected chi connectivity index (χ4v) is 3.05. The smallest absolute Gasteiger partial charge is 0.407 e. The van der Waals surface area contributed by atoms with Gasteiger partial charge in [0, 0.05) is 32.1 Å². The van der Waals surface area contributed by atoms with Crippen LogP contribution in [0.5, 0.6) is 11.5 Å². The molecule has 2 amide bonds. The molecule has 10 nitrogen and oxygen atoms in total. The van der Waals surface area contributed by atoms with Crippen LogP contribution in [-0.2, 0) is 19.6 Å². The van der Waals surface area contributed by atoms with Gasteiger partial charge in [-0.3, -0.25) is 4.79 Å². The molecule has 0 spiro atoms. The monoisotopic (exact) mass is 403 g/mol. The molecule has 0 unspecified atom stereocenters. The van der Waals surface area contributed by atoms with Gasteiger partial charge >= 0.3 is 6.09 Å². The van der Waals surface area contributed by atoms with Crippen LogP contribution in [0.1, 0.15) is 13.3 Å². The van der Waals surface area contributed by atoms with Crippen molar-refractivity contribution in [2.75, 3.05) is 40.5 Å². The molecule has 0 radical (unpaired) electrons. The van der Waals surface area contributed by atoms with Gasteiger partial charge in [-0.15, -0.1) is 0 Å². The van der Waals surface area contributed by atoms with E-state index in [4.69, 9.17) is 9.47 Å². The van der Waals surface area contributed by atoms with Gasteiger partial charge in [-0.2, -0.15) is 0 Å². The van der Waals surface area contributed by atoms with Crippen LogP contribution in [0.3, 0.4) is 0 Å². The quantitative estimate of drug-likeness (QED) is 0.451. The summed E-state index contributed by atoms with van der Waals surface area (Å²) in [4.78, 5) is 22.7. The zero-order chi connectivity index (χ0) is 20.3. The molecule has 152 valence electrons. The average molecular weight is 403 g/mol. The Bertz CT molecular complexity index is 738. The molecule has 11 heteroatoms. The van der Waals surface area contributed by atoms with Crippen LogP contribution in [0.4, 0.5) is 4.79 Å². The summed E-state index contributed by atoms with van der Waals surface area (Å²) in [5, 5.41) is 5.01. The summed E-state index contributed by atoms with van der Waals surface area (Å²) in [6.07, 6.45) is -0.610. The fraction of sp³-hybridized carbons (Fsp3) is 0.500. The van der Waals surface area contributed by atoms with Crippen molar-refractivity contribution >= 4 is 22.0 Å². The second-order valence-corrected chi connectivity index (χ2v) is 6.93. The lowest BCUT2D eigenvalue weighted by Gasteiger charge is -2.11. The van der Waals surface area contributed by atoms with E-state index in [0.29, 0.717) is 5.75 Å². The summed E-state index contributed by atoms with van der Waals surface area (Å²) < 4.78 is 41.7. The van der Waals surface area contributed by atoms with E-state index in [1.54, 1.807) is 6.92 Å². The number of hydrogen-bond acceptors (Lipinski definition) is 7. The first-order chi connectivity index (χ1) is 12.8. The predicted molar refractivity (Wildman–Crippen MR) is 97.4 cm³/mol. The van der Waals surface area contributed by atoms with Crippen molar-refractivity contribution in [2.45, 2.75) is 18.2 Å². The first-order valence-electron chi connectivity index (χ1n) is 8.23. The van der Waals surface area contributed by atoms with Gasteiger partial charge < -0.3 is 24.8 Å². The van der Waals surface area contributed by atoms with Crippen molar-refractivity contribution in [3.63, 3.8) is 0 Å². The molecular formula is C16H25N3O7S. The maximum atomic E-state index is 12.3. The number of amides is 2. The predicted octanol–water partition coefficient (Wildman–Crippen LogP) is 0.235. The van der Waals surface area contributed by atoms with Gasteiger partial charge in [-0.1, -0.05) is 0 Å². The summed E-state index contributed by atoms with van der Waals surface area (Å²) in [6, 6.07) is 4.20. The molecule has 1 aromatic carbocycles. The fourth-order valence-electron chi connectivity index (χ4n) is 2.00. The molecule has 0 atom stereocenters. The van der Waals surface area contributed by atoms with Crippen LogP contribution in [0.25, 0.3) is 0 Å². The minimum atomic E-state index is -3.80. The van der Waals surface area contributed by atoms with Gasteiger partial charge in [-0.05, 0) is 19.1 Å². The Hall–Kier alpha value is -2.53. The minimum absolute atomic E-state index is 0.000746. The van der Waals surface area contributed by atoms with Crippen molar-refractivity contribution in [1.29, 1.82) is 0 Å². The third kappa shape index (κ3) is 7.71. The van der Waals surface area contributed by atoms with Gasteiger partial charge in [-0.25, -0.2) is 17.9 Å². The van der Waals surface area contributed by atoms with E-state index < -0.39 is 16.1 Å². The largest absolute Gasteiger partial charge is 0.493 e. The van der Waals surface area contributed by atoms with E-state index >= 15 is 0 Å². The lowest BCUT2D eigenvalue weighted by molar-refractivity contribution is -0.120. The molecular weight excluding hydrogens is 378 g/mol. The van der Waals surface area contributed by atoms with E-state index in [-0.39, 0.29) is 49.2 Å². The van der Waals surface area contributed by atoms with E-state index in [2.05, 4.69) is 20.1 Å². The molecule has 1 rings (SSSR count). The zero-order valence-corrected chi connectivity index (χ0v) is 16.4. The lowest BCUT2D eigenvalue weighted by atomic mass is 10.3. The minimum Gasteiger partial charge on any atom is -0.493 e. The van der Waals surface area contributed by atoms with Crippen molar-refractivity contribution in [1.82, 2.24) is 15.4 Å². The number of methoxy groups -OCH3 is 2. The highest BCUT2D eigenvalue weighted by molar-refractivity contribution is 7.89. The Morgan fingerprint density at radius 3 is 2.30 bits per heavy atom. The van der Waals surface area contributed by atoms with E-state index in [1.807, 2.05) is 0 Å². The summed E-state index contributed by atoms with van der Waals surface area (Å²) in [7, 11) is -0.940. The zero-order valence-electron chi connectivity index (χ0n) is 15.5. The summed E-state index contributed by atoms with van der Waals surface area (Å²) in [6.45, 7) is 2.29. The number of ether oxygens (including phenoxy) is 3. The molecule has 0 saturated carbocycles. The SMILES string of the molecule is CCOC(=O)NCCNC(=O)CCNS(=O)(=O)c1ccc(OC)c(OC)c1. The molecule has 0 aliphatic heterocycles. The van der Waals surface area contributed by atoms with Crippen molar-refractivity contribution < 1.29 is 32.2 Å². The van der Waals surface area contributed by atoms with Gasteiger partial charge in [0.2, 0.25) is 15.9 Å². The van der Waals surface area contributed by atoms with Gasteiger partial charge in [0.25, 0.3) is 0 Å². The van der Waals surface area contributed by atoms with Crippen molar-refractivity contribution in [2.24, 2.45) is 0 Å². The second-order valence-electron chi connectivity index (χ2n) is 5.16. The third-order valence-electron chi connectivity index (χ3n) is 3.30. The number of carbonyl (C=O) groups excluding carboxylic acids is 2. The van der Waals surface area contributed by atoms with Crippen LogP contribution in [0.15, 0.2) is 23.1 Å². The average Bonchev–Trinajstić information content (AvgIpc) is 2.64. The topological polar surface area (TPSA) is 132 Å². The third-order valence-corrected chi connectivity index (χ3v) is 4.76. The van der Waals surface area contributed by atoms with E-state index in [1.165, 1.54) is 32.4 Å². The lowest BCUT2D eigenvalue weighted by Crippen LogP contribution is -2.36. The maximum absolute atomic E-state index is 12.3. The maximum Gasteiger partial charge on any atom is 0.407 e. The van der Waals surface area contributed by atoms with Gasteiger partial charge in [0.05, 0.1) is 25.7 Å². The Kier molecular flexibility index (Phi) is 9.37. The van der Waals surface area contributed by atoms with Crippen LogP contribution in [0, 0.1) is 0 Å². The van der Waals surface area contributed by atoms with Crippen LogP contribution in [0.2, 0.25) is 0 Å². The Morgan fingerprint density at radius 1 is 1.00 bits per heavy atom. The molecule has 0 fully saturated rings. The Balaban J connectivity index is 2.42. The van der Waals surface area contributed by atoms with E-state index in [9.17, 15) is 18.0 Å². The molecule has 0 bridgehead atoms. The molecule has 0 aliphatic carbocycles. The molecule has 3 N–H and O–H groups in total. The molecule has 0 aromatic heterocycles. The summed E-state index contributed by atoms with van der Waals surface area (Å²) >= 11 is 0. The molecule has 0 saturated heterocycles. The molecule has 1 aromatic rings. The highest BCUT2D eigenvalue weighted by Crippen LogP contribution is 2.29. The van der Waals surface area contributed by atoms with E-state index in [0.717, 1.165) is 0 Å². The normalized spacial score (nSPS) is 10.8. The highest BCUT2D eigenvalue weighted by atomic mass is 32.2. The first-order valence-corrected chi connectivity index (χ1v) is 9.71. The van der Waals surface area contributed by atoms with Gasteiger partial charge in [0.1, 0.15) is 0 Å². The molecule has 27 heavy (non-hydrogen) atoms. The highest BCUT2D eigenvalue weighted by Gasteiger charge is 2.17. The summed E-state index contributed by atoms with van der Waals surface area (Å²) in [5.41, 5.74) is 0. The first kappa shape index (κ1) is 22.5. The number of carbonyl (C=O) groups is 2. The standard InChI is InChI=1S/C16H25N3O7S/c1-4-26-16(21)18-10-9-17-15(20)7-8-19-27(22,23)12-5-6-13(24-2)14(11-12)25-3/h5-6,11,19H,4,7-10H2,1-3H3,(H,17,20)(H,18,21). The second kappa shape index (κ2) is 11.2. The number of hydrogen-bond donors (Lipinski definition) is 3. The molecule has 0 heterocycles. The van der Waals surface area contributed by atoms with Gasteiger partial charge in [0.15, 0.2) is 11.5 Å². The van der Waals surface area contributed by atoms with Crippen LogP contribution >= 0.6 is 0 Å². The number of benzene rings is 1. The molecule has 0 aliphatic rings. The van der Waals surface area contributed by atoms with Crippen molar-refractivity contribution in [3.05, 3.63) is 18.2 Å². The summed E-state index contributed by atoms with van der Waals surface area (Å²) in [5.74, 6) is 0.343. The van der Waals surface area contributed by atoms with Crippen LogP contribution in [-0.4, -0.2) is 60.9 Å². The number of rotatable bonds is 11. The number of alkyl carbamates (subject to hydrolysis) is 1. The number of sulfonamides is 1. The Morgan fingerprint density at radius 2 is 1.67 bits per heavy atom. The van der Waals surface area contributed by atoms with Crippen molar-refractivity contribution in [3.8, 4) is 11.5 Å². The Labute approximate surface area is 158 Å². The van der Waals surface area contributed by atoms with Crippen LogP contribution < -0.4 is 24.8 Å².